The van der Waals surface area contributed by atoms with Gasteiger partial charge in [-0.05, 0) is 37.2 Å². The summed E-state index contributed by atoms with van der Waals surface area (Å²) >= 11 is 0. The van der Waals surface area contributed by atoms with Gasteiger partial charge in [0.05, 0.1) is 4.90 Å². The molecule has 1 aromatic carbocycles. The fourth-order valence-electron chi connectivity index (χ4n) is 1.90. The van der Waals surface area contributed by atoms with Crippen LogP contribution in [0.3, 0.4) is 0 Å². The van der Waals surface area contributed by atoms with Crippen molar-refractivity contribution in [2.24, 2.45) is 0 Å². The number of sulfone groups is 1. The molecule has 0 aromatic heterocycles. The van der Waals surface area contributed by atoms with Gasteiger partial charge in [-0.1, -0.05) is 0 Å². The monoisotopic (exact) mass is 268 g/mol. The Morgan fingerprint density at radius 1 is 1.33 bits per heavy atom. The van der Waals surface area contributed by atoms with E-state index in [1.165, 1.54) is 24.3 Å². The van der Waals surface area contributed by atoms with Crippen molar-refractivity contribution in [2.45, 2.75) is 17.4 Å². The highest BCUT2D eigenvalue weighted by Crippen LogP contribution is 2.10. The Hall–Kier alpha value is -1.40. The van der Waals surface area contributed by atoms with Crippen LogP contribution >= 0.6 is 0 Å². The maximum absolute atomic E-state index is 11.9. The summed E-state index contributed by atoms with van der Waals surface area (Å²) < 4.78 is 22.6. The van der Waals surface area contributed by atoms with Gasteiger partial charge in [0, 0.05) is 24.4 Å². The third-order valence-corrected chi connectivity index (χ3v) is 4.07. The predicted octanol–water partition coefficient (Wildman–Crippen LogP) is 0.182. The van der Waals surface area contributed by atoms with Crippen LogP contribution in [0.5, 0.6) is 0 Å². The van der Waals surface area contributed by atoms with Gasteiger partial charge < -0.3 is 10.6 Å². The van der Waals surface area contributed by atoms with Gasteiger partial charge in [-0.2, -0.15) is 0 Å². The first kappa shape index (κ1) is 13.0. The molecule has 2 rings (SSSR count). The maximum atomic E-state index is 11.9. The fraction of sp³-hybridized carbons (Fsp3) is 0.417. The smallest absolute Gasteiger partial charge is 0.251 e. The molecule has 1 heterocycles. The van der Waals surface area contributed by atoms with Crippen molar-refractivity contribution in [3.63, 3.8) is 0 Å². The second-order valence-corrected chi connectivity index (χ2v) is 6.48. The van der Waals surface area contributed by atoms with Crippen LogP contribution < -0.4 is 10.6 Å². The summed E-state index contributed by atoms with van der Waals surface area (Å²) in [6.45, 7) is 1.70. The van der Waals surface area contributed by atoms with Crippen LogP contribution in [0.2, 0.25) is 0 Å². The van der Waals surface area contributed by atoms with E-state index in [2.05, 4.69) is 10.6 Å². The molecule has 2 N–H and O–H groups in total. The molecule has 1 saturated heterocycles. The molecule has 1 atom stereocenters. The van der Waals surface area contributed by atoms with Gasteiger partial charge in [-0.3, -0.25) is 4.79 Å². The molecule has 1 aliphatic rings. The van der Waals surface area contributed by atoms with Crippen LogP contribution in [0, 0.1) is 0 Å². The first-order valence-electron chi connectivity index (χ1n) is 5.78. The van der Waals surface area contributed by atoms with Crippen molar-refractivity contribution < 1.29 is 13.2 Å². The summed E-state index contributed by atoms with van der Waals surface area (Å²) in [6, 6.07) is 6.14. The highest BCUT2D eigenvalue weighted by molar-refractivity contribution is 7.90. The van der Waals surface area contributed by atoms with E-state index >= 15 is 0 Å². The van der Waals surface area contributed by atoms with E-state index in [0.29, 0.717) is 5.56 Å². The average Bonchev–Trinajstić information content (AvgIpc) is 2.81. The predicted molar refractivity (Wildman–Crippen MR) is 68.3 cm³/mol. The summed E-state index contributed by atoms with van der Waals surface area (Å²) in [7, 11) is -3.21. The Labute approximate surface area is 107 Å². The van der Waals surface area contributed by atoms with Crippen molar-refractivity contribution in [2.75, 3.05) is 19.3 Å². The summed E-state index contributed by atoms with van der Waals surface area (Å²) in [4.78, 5) is 12.1. The van der Waals surface area contributed by atoms with Crippen molar-refractivity contribution in [3.8, 4) is 0 Å². The molecule has 98 valence electrons. The number of nitrogens with one attached hydrogen (secondary N) is 2. The Morgan fingerprint density at radius 2 is 2.00 bits per heavy atom. The lowest BCUT2D eigenvalue weighted by atomic mass is 10.2. The summed E-state index contributed by atoms with van der Waals surface area (Å²) in [6.07, 6.45) is 2.07. The van der Waals surface area contributed by atoms with Gasteiger partial charge in [0.1, 0.15) is 0 Å². The van der Waals surface area contributed by atoms with E-state index in [4.69, 9.17) is 0 Å². The molecular weight excluding hydrogens is 252 g/mol. The van der Waals surface area contributed by atoms with E-state index < -0.39 is 9.84 Å². The molecule has 0 radical (unpaired) electrons. The van der Waals surface area contributed by atoms with E-state index in [-0.39, 0.29) is 16.8 Å². The molecule has 1 fully saturated rings. The van der Waals surface area contributed by atoms with Crippen molar-refractivity contribution in [3.05, 3.63) is 29.8 Å². The van der Waals surface area contributed by atoms with Crippen LogP contribution in [0.15, 0.2) is 29.2 Å². The van der Waals surface area contributed by atoms with Gasteiger partial charge in [-0.15, -0.1) is 0 Å². The molecule has 0 bridgehead atoms. The lowest BCUT2D eigenvalue weighted by Gasteiger charge is -2.11. The van der Waals surface area contributed by atoms with Gasteiger partial charge in [0.15, 0.2) is 9.84 Å². The number of carbonyl (C=O) groups excluding carboxylic acids is 1. The second kappa shape index (κ2) is 5.07. The molecule has 5 nitrogen and oxygen atoms in total. The van der Waals surface area contributed by atoms with Crippen molar-refractivity contribution >= 4 is 15.7 Å². The number of hydrogen-bond acceptors (Lipinski definition) is 4. The fourth-order valence-corrected chi connectivity index (χ4v) is 2.53. The number of amides is 1. The molecule has 0 saturated carbocycles. The summed E-state index contributed by atoms with van der Waals surface area (Å²) in [5, 5.41) is 6.07. The minimum Gasteiger partial charge on any atom is -0.348 e. The highest BCUT2D eigenvalue weighted by atomic mass is 32.2. The molecule has 6 heteroatoms. The van der Waals surface area contributed by atoms with Crippen LogP contribution in [0.25, 0.3) is 0 Å². The van der Waals surface area contributed by atoms with Crippen LogP contribution in [-0.2, 0) is 9.84 Å². The normalized spacial score (nSPS) is 19.7. The lowest BCUT2D eigenvalue weighted by molar-refractivity contribution is 0.0940. The Morgan fingerprint density at radius 3 is 2.50 bits per heavy atom. The third kappa shape index (κ3) is 3.08. The van der Waals surface area contributed by atoms with E-state index in [0.717, 1.165) is 25.8 Å². The largest absolute Gasteiger partial charge is 0.348 e. The zero-order valence-electron chi connectivity index (χ0n) is 10.1. The number of rotatable bonds is 3. The lowest BCUT2D eigenvalue weighted by Crippen LogP contribution is -2.36. The van der Waals surface area contributed by atoms with E-state index in [1.807, 2.05) is 0 Å². The summed E-state index contributed by atoms with van der Waals surface area (Å²) in [5.41, 5.74) is 0.481. The van der Waals surface area contributed by atoms with Gasteiger partial charge in [-0.25, -0.2) is 8.42 Å². The standard InChI is InChI=1S/C12H16N2O3S/c1-18(16,17)11-4-2-9(3-5-11)12(15)14-10-6-7-13-8-10/h2-5,10,13H,6-8H2,1H3,(H,14,15)/t10-/m0/s1. The highest BCUT2D eigenvalue weighted by Gasteiger charge is 2.17. The quantitative estimate of drug-likeness (QED) is 0.820. The topological polar surface area (TPSA) is 75.3 Å². The minimum atomic E-state index is -3.21. The van der Waals surface area contributed by atoms with Gasteiger partial charge >= 0.3 is 0 Å². The molecule has 1 aromatic rings. The van der Waals surface area contributed by atoms with Crippen LogP contribution in [-0.4, -0.2) is 39.7 Å². The van der Waals surface area contributed by atoms with Gasteiger partial charge in [0.2, 0.25) is 0 Å². The molecule has 0 spiro atoms. The van der Waals surface area contributed by atoms with Crippen LogP contribution in [0.4, 0.5) is 0 Å². The number of benzene rings is 1. The zero-order valence-corrected chi connectivity index (χ0v) is 11.0. The molecule has 1 amide bonds. The first-order chi connectivity index (χ1) is 8.47. The second-order valence-electron chi connectivity index (χ2n) is 4.46. The van der Waals surface area contributed by atoms with Crippen molar-refractivity contribution in [1.29, 1.82) is 0 Å². The number of hydrogen-bond donors (Lipinski definition) is 2. The molecule has 1 aliphatic heterocycles. The third-order valence-electron chi connectivity index (χ3n) is 2.94. The molecule has 0 unspecified atom stereocenters. The summed E-state index contributed by atoms with van der Waals surface area (Å²) in [5.74, 6) is -0.163. The Balaban J connectivity index is 2.07. The zero-order chi connectivity index (χ0) is 13.2. The van der Waals surface area contributed by atoms with Crippen LogP contribution in [0.1, 0.15) is 16.8 Å². The van der Waals surface area contributed by atoms with E-state index in [9.17, 15) is 13.2 Å². The SMILES string of the molecule is CS(=O)(=O)c1ccc(C(=O)N[C@H]2CCNC2)cc1. The maximum Gasteiger partial charge on any atom is 0.251 e. The Kier molecular flexibility index (Phi) is 3.68. The average molecular weight is 268 g/mol. The molecule has 0 aliphatic carbocycles. The van der Waals surface area contributed by atoms with Gasteiger partial charge in [0.25, 0.3) is 5.91 Å². The molecule has 18 heavy (non-hydrogen) atoms. The molecular formula is C12H16N2O3S. The Bertz CT molecular complexity index is 531. The van der Waals surface area contributed by atoms with Crippen molar-refractivity contribution in [1.82, 2.24) is 10.6 Å². The minimum absolute atomic E-state index is 0.159. The van der Waals surface area contributed by atoms with E-state index in [1.54, 1.807) is 0 Å². The first-order valence-corrected chi connectivity index (χ1v) is 7.67. The number of carbonyl (C=O) groups is 1.